The van der Waals surface area contributed by atoms with Gasteiger partial charge in [0.25, 0.3) is 0 Å². The average Bonchev–Trinajstić information content (AvgIpc) is 2.01. The Morgan fingerprint density at radius 3 is 2.92 bits per heavy atom. The zero-order valence-electron chi connectivity index (χ0n) is 7.02. The molecule has 2 N–H and O–H groups in total. The van der Waals surface area contributed by atoms with Gasteiger partial charge in [-0.2, -0.15) is 0 Å². The van der Waals surface area contributed by atoms with Gasteiger partial charge < -0.3 is 5.11 Å². The lowest BCUT2D eigenvalue weighted by Gasteiger charge is -2.35. The number of alkyl halides is 2. The molecule has 0 radical (unpaired) electrons. The maximum Gasteiger partial charge on any atom is 0.0947 e. The molecule has 1 aliphatic rings. The van der Waals surface area contributed by atoms with Gasteiger partial charge in [-0.3, -0.25) is 5.32 Å². The molecule has 4 heteroatoms. The lowest BCUT2D eigenvalue weighted by molar-refractivity contribution is 0.249. The Kier molecular flexibility index (Phi) is 4.11. The summed E-state index contributed by atoms with van der Waals surface area (Å²) in [5, 5.41) is 11.8. The third-order valence-electron chi connectivity index (χ3n) is 2.18. The van der Waals surface area contributed by atoms with E-state index < -0.39 is 0 Å². The van der Waals surface area contributed by atoms with Crippen molar-refractivity contribution in [1.82, 2.24) is 5.32 Å². The van der Waals surface area contributed by atoms with Crippen LogP contribution in [0.15, 0.2) is 0 Å². The van der Waals surface area contributed by atoms with Crippen LogP contribution in [0.3, 0.4) is 0 Å². The molecule has 72 valence electrons. The van der Waals surface area contributed by atoms with Gasteiger partial charge in [-0.05, 0) is 32.1 Å². The van der Waals surface area contributed by atoms with Gasteiger partial charge in [-0.1, -0.05) is 0 Å². The Labute approximate surface area is 83.2 Å². The van der Waals surface area contributed by atoms with Gasteiger partial charge in [0.2, 0.25) is 0 Å². The van der Waals surface area contributed by atoms with Crippen molar-refractivity contribution in [2.24, 2.45) is 0 Å². The van der Waals surface area contributed by atoms with Crippen LogP contribution in [-0.4, -0.2) is 22.2 Å². The van der Waals surface area contributed by atoms with E-state index in [4.69, 9.17) is 28.3 Å². The van der Waals surface area contributed by atoms with Gasteiger partial charge in [-0.25, -0.2) is 0 Å². The monoisotopic (exact) mass is 211 g/mol. The van der Waals surface area contributed by atoms with Crippen molar-refractivity contribution in [3.63, 3.8) is 0 Å². The largest absolute Gasteiger partial charge is 0.396 e. The van der Waals surface area contributed by atoms with Crippen molar-refractivity contribution in [3.05, 3.63) is 0 Å². The number of hydrogen-bond acceptors (Lipinski definition) is 2. The number of rotatable bonds is 3. The average molecular weight is 212 g/mol. The molecule has 0 saturated carbocycles. The molecule has 12 heavy (non-hydrogen) atoms. The van der Waals surface area contributed by atoms with Gasteiger partial charge in [0.15, 0.2) is 0 Å². The fourth-order valence-corrected chi connectivity index (χ4v) is 2.36. The molecule has 0 amide bonds. The highest BCUT2D eigenvalue weighted by Gasteiger charge is 2.31. The van der Waals surface area contributed by atoms with Gasteiger partial charge >= 0.3 is 0 Å². The first kappa shape index (κ1) is 10.6. The van der Waals surface area contributed by atoms with Crippen molar-refractivity contribution in [2.75, 3.05) is 6.61 Å². The van der Waals surface area contributed by atoms with Crippen LogP contribution in [0.25, 0.3) is 0 Å². The summed E-state index contributed by atoms with van der Waals surface area (Å²) in [5.74, 6) is 0. The van der Waals surface area contributed by atoms with Crippen LogP contribution in [0.4, 0.5) is 0 Å². The molecule has 1 heterocycles. The quantitative estimate of drug-likeness (QED) is 0.554. The van der Waals surface area contributed by atoms with Crippen LogP contribution in [0.1, 0.15) is 32.1 Å². The summed E-state index contributed by atoms with van der Waals surface area (Å²) in [5.41, 5.74) is -0.00468. The van der Waals surface area contributed by atoms with E-state index in [-0.39, 0.29) is 17.1 Å². The zero-order chi connectivity index (χ0) is 9.03. The van der Waals surface area contributed by atoms with Gasteiger partial charge in [0.05, 0.1) is 10.5 Å². The normalized spacial score (nSPS) is 36.8. The molecule has 1 rings (SSSR count). The highest BCUT2D eigenvalue weighted by molar-refractivity contribution is 6.25. The molecule has 0 aliphatic carbocycles. The lowest BCUT2D eigenvalue weighted by atomic mass is 10.00. The molecule has 1 saturated heterocycles. The molecule has 0 spiro atoms. The van der Waals surface area contributed by atoms with Crippen LogP contribution < -0.4 is 5.32 Å². The van der Waals surface area contributed by atoms with E-state index in [0.29, 0.717) is 0 Å². The van der Waals surface area contributed by atoms with E-state index in [2.05, 4.69) is 5.32 Å². The number of nitrogens with one attached hydrogen (secondary N) is 1. The van der Waals surface area contributed by atoms with Crippen LogP contribution in [-0.2, 0) is 0 Å². The first-order valence-corrected chi connectivity index (χ1v) is 5.19. The van der Waals surface area contributed by atoms with Crippen molar-refractivity contribution in [3.8, 4) is 0 Å². The molecule has 1 aliphatic heterocycles. The third-order valence-corrected chi connectivity index (χ3v) is 2.99. The summed E-state index contributed by atoms with van der Waals surface area (Å²) < 4.78 is 0. The molecule has 1 fully saturated rings. The Balaban J connectivity index is 2.35. The fourth-order valence-electron chi connectivity index (χ4n) is 1.54. The lowest BCUT2D eigenvalue weighted by Crippen LogP contribution is -2.47. The molecule has 0 bridgehead atoms. The summed E-state index contributed by atoms with van der Waals surface area (Å²) in [6.07, 6.45) is 4.51. The maximum absolute atomic E-state index is 8.66. The molecular formula is C8H15Cl2NO. The summed E-state index contributed by atoms with van der Waals surface area (Å²) in [6, 6.07) is 0. The SMILES string of the molecule is OCCCC1(Cl)CCCC(Cl)N1. The van der Waals surface area contributed by atoms with E-state index in [1.807, 2.05) is 0 Å². The first-order valence-electron chi connectivity index (χ1n) is 4.38. The molecule has 2 atom stereocenters. The third kappa shape index (κ3) is 3.09. The standard InChI is InChI=1S/C8H15Cl2NO/c9-7-3-1-4-8(10,11-7)5-2-6-12/h7,11-12H,1-6H2. The van der Waals surface area contributed by atoms with E-state index in [9.17, 15) is 0 Å². The minimum absolute atomic E-state index is 0.00468. The Bertz CT molecular complexity index is 145. The summed E-state index contributed by atoms with van der Waals surface area (Å²) in [7, 11) is 0. The van der Waals surface area contributed by atoms with Crippen LogP contribution in [0.5, 0.6) is 0 Å². The predicted octanol–water partition coefficient (Wildman–Crippen LogP) is 2.03. The van der Waals surface area contributed by atoms with Crippen LogP contribution in [0, 0.1) is 0 Å². The maximum atomic E-state index is 8.66. The summed E-state index contributed by atoms with van der Waals surface area (Å²) in [4.78, 5) is -0.368. The van der Waals surface area contributed by atoms with E-state index in [0.717, 1.165) is 32.1 Å². The zero-order valence-corrected chi connectivity index (χ0v) is 8.53. The van der Waals surface area contributed by atoms with Gasteiger partial charge in [0.1, 0.15) is 0 Å². The van der Waals surface area contributed by atoms with Gasteiger partial charge in [-0.15, -0.1) is 23.2 Å². The van der Waals surface area contributed by atoms with E-state index >= 15 is 0 Å². The Morgan fingerprint density at radius 1 is 1.58 bits per heavy atom. The molecule has 0 aromatic carbocycles. The number of aliphatic hydroxyl groups excluding tert-OH is 1. The van der Waals surface area contributed by atoms with E-state index in [1.165, 1.54) is 0 Å². The number of hydrogen-bond donors (Lipinski definition) is 2. The second kappa shape index (κ2) is 4.66. The Morgan fingerprint density at radius 2 is 2.33 bits per heavy atom. The topological polar surface area (TPSA) is 32.3 Å². The van der Waals surface area contributed by atoms with Crippen LogP contribution >= 0.6 is 23.2 Å². The number of piperidine rings is 1. The highest BCUT2D eigenvalue weighted by atomic mass is 35.5. The number of aliphatic hydroxyl groups is 1. The van der Waals surface area contributed by atoms with Crippen LogP contribution in [0.2, 0.25) is 0 Å². The second-order valence-corrected chi connectivity index (χ2v) is 4.55. The molecule has 2 nitrogen and oxygen atoms in total. The smallest absolute Gasteiger partial charge is 0.0947 e. The minimum atomic E-state index is -0.368. The Hall–Kier alpha value is 0.500. The highest BCUT2D eigenvalue weighted by Crippen LogP contribution is 2.31. The van der Waals surface area contributed by atoms with Crippen molar-refractivity contribution < 1.29 is 5.11 Å². The first-order chi connectivity index (χ1) is 5.66. The minimum Gasteiger partial charge on any atom is -0.396 e. The summed E-state index contributed by atoms with van der Waals surface area (Å²) >= 11 is 12.2. The van der Waals surface area contributed by atoms with Crippen molar-refractivity contribution >= 4 is 23.2 Å². The predicted molar refractivity (Wildman–Crippen MR) is 51.5 cm³/mol. The fraction of sp³-hybridized carbons (Fsp3) is 1.00. The van der Waals surface area contributed by atoms with Crippen molar-refractivity contribution in [2.45, 2.75) is 42.6 Å². The molecular weight excluding hydrogens is 197 g/mol. The molecule has 0 aromatic heterocycles. The second-order valence-electron chi connectivity index (χ2n) is 3.30. The van der Waals surface area contributed by atoms with Crippen molar-refractivity contribution in [1.29, 1.82) is 0 Å². The number of halogens is 2. The molecule has 2 unspecified atom stereocenters. The summed E-state index contributed by atoms with van der Waals surface area (Å²) in [6.45, 7) is 0.198. The molecule has 0 aromatic rings. The van der Waals surface area contributed by atoms with E-state index in [1.54, 1.807) is 0 Å². The van der Waals surface area contributed by atoms with Gasteiger partial charge in [0, 0.05) is 6.61 Å².